The van der Waals surface area contributed by atoms with E-state index in [1.807, 2.05) is 0 Å². The van der Waals surface area contributed by atoms with Gasteiger partial charge in [-0.3, -0.25) is 19.7 Å². The van der Waals surface area contributed by atoms with Gasteiger partial charge in [0.05, 0.1) is 28.1 Å². The van der Waals surface area contributed by atoms with E-state index in [1.165, 1.54) is 12.1 Å². The van der Waals surface area contributed by atoms with Gasteiger partial charge in [-0.25, -0.2) is 4.68 Å². The zero-order chi connectivity index (χ0) is 18.7. The van der Waals surface area contributed by atoms with E-state index in [2.05, 4.69) is 15.6 Å². The second kappa shape index (κ2) is 7.09. The number of carbonyl (C=O) groups excluding carboxylic acids is 1. The summed E-state index contributed by atoms with van der Waals surface area (Å²) in [6.45, 7) is 1.61. The van der Waals surface area contributed by atoms with Gasteiger partial charge in [-0.15, -0.1) is 5.10 Å². The predicted molar refractivity (Wildman–Crippen MR) is 94.9 cm³/mol. The van der Waals surface area contributed by atoms with Gasteiger partial charge in [-0.05, 0) is 25.1 Å². The molecule has 1 heterocycles. The summed E-state index contributed by atoms with van der Waals surface area (Å²) >= 11 is 0. The molecular weight excluding hydrogens is 338 g/mol. The van der Waals surface area contributed by atoms with Crippen molar-refractivity contribution in [1.82, 2.24) is 15.0 Å². The van der Waals surface area contributed by atoms with Crippen LogP contribution in [0, 0.1) is 17.0 Å². The molecule has 26 heavy (non-hydrogen) atoms. The van der Waals surface area contributed by atoms with E-state index in [0.717, 1.165) is 4.68 Å². The van der Waals surface area contributed by atoms with Crippen LogP contribution in [0.1, 0.15) is 12.0 Å². The van der Waals surface area contributed by atoms with Gasteiger partial charge in [-0.2, -0.15) is 0 Å². The van der Waals surface area contributed by atoms with E-state index in [0.29, 0.717) is 22.2 Å². The van der Waals surface area contributed by atoms with Crippen LogP contribution in [0.2, 0.25) is 0 Å². The van der Waals surface area contributed by atoms with E-state index in [4.69, 9.17) is 0 Å². The first-order valence-electron chi connectivity index (χ1n) is 7.84. The molecule has 0 fully saturated rings. The molecule has 9 nitrogen and oxygen atoms in total. The van der Waals surface area contributed by atoms with Crippen molar-refractivity contribution < 1.29 is 9.72 Å². The molecule has 1 aromatic heterocycles. The number of aromatic nitrogens is 3. The Morgan fingerprint density at radius 2 is 2.00 bits per heavy atom. The zero-order valence-corrected chi connectivity index (χ0v) is 13.9. The molecule has 132 valence electrons. The smallest absolute Gasteiger partial charge is 0.277 e. The maximum absolute atomic E-state index is 12.3. The molecule has 2 aromatic carbocycles. The molecule has 0 aliphatic rings. The number of aryl methyl sites for hydroxylation is 1. The third kappa shape index (κ3) is 3.41. The number of nitro groups is 1. The average Bonchev–Trinajstić information content (AvgIpc) is 2.63. The number of nitrogens with zero attached hydrogens (tertiary/aromatic N) is 4. The molecular formula is C17H15N5O4. The molecule has 1 amide bonds. The molecule has 0 radical (unpaired) electrons. The van der Waals surface area contributed by atoms with Crippen molar-refractivity contribution in [3.63, 3.8) is 0 Å². The highest BCUT2D eigenvalue weighted by molar-refractivity contribution is 5.92. The van der Waals surface area contributed by atoms with Crippen LogP contribution in [0.4, 0.5) is 11.4 Å². The van der Waals surface area contributed by atoms with E-state index < -0.39 is 4.92 Å². The van der Waals surface area contributed by atoms with E-state index in [9.17, 15) is 19.7 Å². The Kier molecular flexibility index (Phi) is 4.70. The Morgan fingerprint density at radius 1 is 1.23 bits per heavy atom. The number of amides is 1. The standard InChI is InChI=1S/C17H15N5O4/c1-11-13(7-4-8-15(11)22(25)26)18-16(23)9-10-21-17(24)12-5-2-3-6-14(12)19-20-21/h2-8H,9-10H2,1H3,(H,18,23). The van der Waals surface area contributed by atoms with Crippen molar-refractivity contribution in [2.24, 2.45) is 0 Å². The van der Waals surface area contributed by atoms with E-state index >= 15 is 0 Å². The van der Waals surface area contributed by atoms with E-state index in [-0.39, 0.29) is 30.1 Å². The molecule has 0 atom stereocenters. The molecule has 0 saturated heterocycles. The first kappa shape index (κ1) is 17.2. The normalized spacial score (nSPS) is 10.7. The summed E-state index contributed by atoms with van der Waals surface area (Å²) in [5.74, 6) is -0.379. The van der Waals surface area contributed by atoms with Crippen molar-refractivity contribution in [3.05, 3.63) is 68.5 Å². The lowest BCUT2D eigenvalue weighted by molar-refractivity contribution is -0.385. The average molecular weight is 353 g/mol. The predicted octanol–water partition coefficient (Wildman–Crippen LogP) is 2.04. The van der Waals surface area contributed by atoms with Gasteiger partial charge in [0.15, 0.2) is 0 Å². The van der Waals surface area contributed by atoms with Crippen LogP contribution in [0.15, 0.2) is 47.3 Å². The van der Waals surface area contributed by atoms with Crippen molar-refractivity contribution in [2.75, 3.05) is 5.32 Å². The summed E-state index contributed by atoms with van der Waals surface area (Å²) < 4.78 is 1.13. The highest BCUT2D eigenvalue weighted by Crippen LogP contribution is 2.25. The van der Waals surface area contributed by atoms with Crippen LogP contribution in [0.25, 0.3) is 10.9 Å². The van der Waals surface area contributed by atoms with Crippen molar-refractivity contribution in [3.8, 4) is 0 Å². The molecule has 0 unspecified atom stereocenters. The molecule has 0 spiro atoms. The summed E-state index contributed by atoms with van der Waals surface area (Å²) in [6.07, 6.45) is -0.0188. The van der Waals surface area contributed by atoms with Crippen LogP contribution in [-0.2, 0) is 11.3 Å². The fourth-order valence-electron chi connectivity index (χ4n) is 2.55. The number of carbonyl (C=O) groups is 1. The summed E-state index contributed by atoms with van der Waals surface area (Å²) in [7, 11) is 0. The van der Waals surface area contributed by atoms with Gasteiger partial charge in [0.1, 0.15) is 5.52 Å². The molecule has 9 heteroatoms. The fraction of sp³-hybridized carbons (Fsp3) is 0.176. The van der Waals surface area contributed by atoms with Crippen LogP contribution < -0.4 is 10.9 Å². The Bertz CT molecular complexity index is 1060. The quantitative estimate of drug-likeness (QED) is 0.553. The zero-order valence-electron chi connectivity index (χ0n) is 13.9. The number of benzene rings is 2. The third-order valence-corrected chi connectivity index (χ3v) is 3.96. The Hall–Kier alpha value is -3.62. The number of hydrogen-bond acceptors (Lipinski definition) is 6. The molecule has 0 bridgehead atoms. The largest absolute Gasteiger partial charge is 0.326 e. The van der Waals surface area contributed by atoms with Gasteiger partial charge in [0.25, 0.3) is 11.2 Å². The summed E-state index contributed by atoms with van der Waals surface area (Å²) in [5, 5.41) is 21.8. The number of rotatable bonds is 5. The molecule has 1 N–H and O–H groups in total. The van der Waals surface area contributed by atoms with Crippen LogP contribution in [0.5, 0.6) is 0 Å². The summed E-state index contributed by atoms with van der Waals surface area (Å²) in [6, 6.07) is 11.3. The highest BCUT2D eigenvalue weighted by Gasteiger charge is 2.15. The summed E-state index contributed by atoms with van der Waals surface area (Å²) in [5.41, 5.74) is 0.828. The minimum Gasteiger partial charge on any atom is -0.326 e. The molecule has 3 aromatic rings. The number of hydrogen-bond donors (Lipinski definition) is 1. The summed E-state index contributed by atoms with van der Waals surface area (Å²) in [4.78, 5) is 34.9. The van der Waals surface area contributed by atoms with Gasteiger partial charge in [0, 0.05) is 12.5 Å². The Labute approximate surface area is 147 Å². The third-order valence-electron chi connectivity index (χ3n) is 3.96. The lowest BCUT2D eigenvalue weighted by atomic mass is 10.1. The number of fused-ring (bicyclic) bond motifs is 1. The van der Waals surface area contributed by atoms with Gasteiger partial charge < -0.3 is 5.32 Å². The monoisotopic (exact) mass is 353 g/mol. The number of anilines is 1. The minimum absolute atomic E-state index is 0.0188. The van der Waals surface area contributed by atoms with E-state index in [1.54, 1.807) is 37.3 Å². The van der Waals surface area contributed by atoms with Crippen LogP contribution in [0.3, 0.4) is 0 Å². The maximum atomic E-state index is 12.3. The van der Waals surface area contributed by atoms with Crippen molar-refractivity contribution in [1.29, 1.82) is 0 Å². The lowest BCUT2D eigenvalue weighted by Gasteiger charge is -2.09. The fourth-order valence-corrected chi connectivity index (χ4v) is 2.55. The second-order valence-electron chi connectivity index (χ2n) is 5.64. The lowest BCUT2D eigenvalue weighted by Crippen LogP contribution is -2.26. The topological polar surface area (TPSA) is 120 Å². The van der Waals surface area contributed by atoms with Crippen LogP contribution in [-0.4, -0.2) is 25.8 Å². The first-order chi connectivity index (χ1) is 12.5. The highest BCUT2D eigenvalue weighted by atomic mass is 16.6. The second-order valence-corrected chi connectivity index (χ2v) is 5.64. The van der Waals surface area contributed by atoms with Crippen molar-refractivity contribution in [2.45, 2.75) is 19.9 Å². The molecule has 0 aliphatic carbocycles. The molecule has 0 aliphatic heterocycles. The molecule has 3 rings (SSSR count). The molecule has 0 saturated carbocycles. The van der Waals surface area contributed by atoms with Gasteiger partial charge in [0.2, 0.25) is 5.91 Å². The van der Waals surface area contributed by atoms with Crippen molar-refractivity contribution >= 4 is 28.2 Å². The first-order valence-corrected chi connectivity index (χ1v) is 7.84. The maximum Gasteiger partial charge on any atom is 0.277 e. The van der Waals surface area contributed by atoms with Gasteiger partial charge >= 0.3 is 0 Å². The van der Waals surface area contributed by atoms with Crippen LogP contribution >= 0.6 is 0 Å². The minimum atomic E-state index is -0.505. The van der Waals surface area contributed by atoms with Gasteiger partial charge in [-0.1, -0.05) is 23.4 Å². The Morgan fingerprint density at radius 3 is 2.77 bits per heavy atom. The number of nitrogens with one attached hydrogen (secondary N) is 1. The number of nitro benzene ring substituents is 1. The SMILES string of the molecule is Cc1c(NC(=O)CCn2nnc3ccccc3c2=O)cccc1[N+](=O)[O-]. The Balaban J connectivity index is 1.72.